The molecule has 0 fully saturated rings. The van der Waals surface area contributed by atoms with Gasteiger partial charge in [0.15, 0.2) is 0 Å². The molecular formula is C23H27N3O2S. The van der Waals surface area contributed by atoms with Crippen LogP contribution in [0.1, 0.15) is 50.6 Å². The average molecular weight is 410 g/mol. The summed E-state index contributed by atoms with van der Waals surface area (Å²) in [7, 11) is 0. The number of rotatable bonds is 3. The van der Waals surface area contributed by atoms with E-state index in [9.17, 15) is 9.35 Å². The van der Waals surface area contributed by atoms with Crippen molar-refractivity contribution in [2.75, 3.05) is 0 Å². The minimum absolute atomic E-state index is 0.0288. The lowest BCUT2D eigenvalue weighted by molar-refractivity contribution is 0.532. The normalized spacial score (nSPS) is 15.7. The maximum Gasteiger partial charge on any atom is 0.258 e. The summed E-state index contributed by atoms with van der Waals surface area (Å²) < 4.78 is 17.4. The molecule has 29 heavy (non-hydrogen) atoms. The smallest absolute Gasteiger partial charge is 0.258 e. The van der Waals surface area contributed by atoms with Crippen LogP contribution in [0.5, 0.6) is 0 Å². The molecule has 0 aliphatic carbocycles. The van der Waals surface area contributed by atoms with Crippen molar-refractivity contribution in [1.82, 2.24) is 14.3 Å². The van der Waals surface area contributed by atoms with Gasteiger partial charge in [-0.15, -0.1) is 4.72 Å². The van der Waals surface area contributed by atoms with E-state index in [1.165, 1.54) is 0 Å². The Morgan fingerprint density at radius 1 is 1.24 bits per heavy atom. The van der Waals surface area contributed by atoms with Gasteiger partial charge < -0.3 is 9.12 Å². The third-order valence-corrected chi connectivity index (χ3v) is 7.13. The second kappa shape index (κ2) is 7.27. The summed E-state index contributed by atoms with van der Waals surface area (Å²) >= 11 is -1.20. The van der Waals surface area contributed by atoms with Crippen molar-refractivity contribution in [2.24, 2.45) is 0 Å². The molecule has 1 aliphatic heterocycles. The Morgan fingerprint density at radius 3 is 2.72 bits per heavy atom. The van der Waals surface area contributed by atoms with Gasteiger partial charge in [-0.05, 0) is 75.4 Å². The lowest BCUT2D eigenvalue weighted by atomic mass is 9.94. The first-order valence-electron chi connectivity index (χ1n) is 9.97. The van der Waals surface area contributed by atoms with Gasteiger partial charge in [0.25, 0.3) is 5.56 Å². The van der Waals surface area contributed by atoms with Crippen molar-refractivity contribution in [3.8, 4) is 11.3 Å². The highest BCUT2D eigenvalue weighted by Gasteiger charge is 2.29. The monoisotopic (exact) mass is 409 g/mol. The van der Waals surface area contributed by atoms with E-state index in [1.807, 2.05) is 57.4 Å². The number of benzene rings is 1. The van der Waals surface area contributed by atoms with Crippen LogP contribution < -0.4 is 10.3 Å². The molecule has 0 bridgehead atoms. The molecule has 0 spiro atoms. The van der Waals surface area contributed by atoms with E-state index in [0.717, 1.165) is 39.9 Å². The molecular weight excluding hydrogens is 382 g/mol. The summed E-state index contributed by atoms with van der Waals surface area (Å²) in [6, 6.07) is 9.93. The molecule has 1 unspecified atom stereocenters. The van der Waals surface area contributed by atoms with Gasteiger partial charge in [0.05, 0.1) is 17.4 Å². The van der Waals surface area contributed by atoms with Crippen molar-refractivity contribution < 1.29 is 4.55 Å². The summed E-state index contributed by atoms with van der Waals surface area (Å²) in [5, 5.41) is 1.63. The predicted octanol–water partition coefficient (Wildman–Crippen LogP) is 4.04. The molecule has 3 heterocycles. The number of aromatic nitrogens is 2. The van der Waals surface area contributed by atoms with Gasteiger partial charge in [0, 0.05) is 41.5 Å². The van der Waals surface area contributed by atoms with Crippen molar-refractivity contribution >= 4 is 22.1 Å². The highest BCUT2D eigenvalue weighted by molar-refractivity contribution is 7.90. The molecule has 1 aliphatic rings. The Morgan fingerprint density at radius 2 is 2.00 bits per heavy atom. The number of fused-ring (bicyclic) bond motifs is 4. The molecule has 5 nitrogen and oxygen atoms in total. The molecule has 4 rings (SSSR count). The Kier molecular flexibility index (Phi) is 5.05. The quantitative estimate of drug-likeness (QED) is 0.663. The first-order chi connectivity index (χ1) is 13.7. The zero-order valence-corrected chi connectivity index (χ0v) is 18.4. The summed E-state index contributed by atoms with van der Waals surface area (Å²) in [5.74, 6) is 0. The van der Waals surface area contributed by atoms with Gasteiger partial charge in [-0.2, -0.15) is 0 Å². The third-order valence-electron chi connectivity index (χ3n) is 5.45. The average Bonchev–Trinajstić information content (AvgIpc) is 2.67. The van der Waals surface area contributed by atoms with Gasteiger partial charge in [-0.3, -0.25) is 9.78 Å². The Labute approximate surface area is 174 Å². The van der Waals surface area contributed by atoms with Crippen LogP contribution in [0.15, 0.2) is 41.3 Å². The van der Waals surface area contributed by atoms with Crippen molar-refractivity contribution in [1.29, 1.82) is 0 Å². The second-order valence-corrected chi connectivity index (χ2v) is 10.8. The fourth-order valence-corrected chi connectivity index (χ4v) is 4.73. The third kappa shape index (κ3) is 3.61. The zero-order valence-electron chi connectivity index (χ0n) is 17.6. The van der Waals surface area contributed by atoms with Crippen LogP contribution >= 0.6 is 0 Å². The minimum Gasteiger partial charge on any atom is -0.598 e. The van der Waals surface area contributed by atoms with Gasteiger partial charge >= 0.3 is 0 Å². The molecule has 1 N–H and O–H groups in total. The number of nitrogens with one attached hydrogen (secondary N) is 1. The molecule has 2 aromatic heterocycles. The van der Waals surface area contributed by atoms with E-state index >= 15 is 0 Å². The molecule has 6 heteroatoms. The molecule has 0 radical (unpaired) electrons. The van der Waals surface area contributed by atoms with Gasteiger partial charge in [0.2, 0.25) is 0 Å². The van der Waals surface area contributed by atoms with Crippen molar-refractivity contribution in [2.45, 2.75) is 58.4 Å². The molecule has 1 aromatic carbocycles. The fraction of sp³-hybridized carbons (Fsp3) is 0.391. The number of nitrogens with zero attached hydrogens (tertiary/aromatic N) is 2. The van der Waals surface area contributed by atoms with Crippen molar-refractivity contribution in [3.05, 3.63) is 63.7 Å². The van der Waals surface area contributed by atoms with Crippen LogP contribution in [0, 0.1) is 6.92 Å². The van der Waals surface area contributed by atoms with Gasteiger partial charge in [-0.25, -0.2) is 0 Å². The van der Waals surface area contributed by atoms with E-state index in [1.54, 1.807) is 6.20 Å². The number of pyridine rings is 2. The number of aryl methyl sites for hydroxylation is 2. The molecule has 2 atom stereocenters. The topological polar surface area (TPSA) is 70.0 Å². The SMILES string of the molecule is Cc1cc([C@@H](C)N[S+]([O-])C(C)(C)C)c2cc3n(c(=O)c2c1)CCc1ncccc1-3. The van der Waals surface area contributed by atoms with Crippen LogP contribution in [0.4, 0.5) is 0 Å². The van der Waals surface area contributed by atoms with E-state index in [0.29, 0.717) is 11.9 Å². The lowest BCUT2D eigenvalue weighted by Crippen LogP contribution is -2.40. The lowest BCUT2D eigenvalue weighted by Gasteiger charge is -2.27. The van der Waals surface area contributed by atoms with E-state index < -0.39 is 11.4 Å². The number of hydrogen-bond donors (Lipinski definition) is 1. The molecule has 0 saturated heterocycles. The predicted molar refractivity (Wildman–Crippen MR) is 119 cm³/mol. The van der Waals surface area contributed by atoms with Gasteiger partial charge in [-0.1, -0.05) is 6.07 Å². The summed E-state index contributed by atoms with van der Waals surface area (Å²) in [5.41, 5.74) is 5.00. The fourth-order valence-electron chi connectivity index (χ4n) is 3.93. The number of hydrogen-bond acceptors (Lipinski definition) is 4. The summed E-state index contributed by atoms with van der Waals surface area (Å²) in [4.78, 5) is 17.9. The molecule has 0 amide bonds. The Hall–Kier alpha value is -2.15. The van der Waals surface area contributed by atoms with Crippen LogP contribution in [0.25, 0.3) is 22.0 Å². The van der Waals surface area contributed by atoms with Crippen LogP contribution in [-0.4, -0.2) is 18.9 Å². The highest BCUT2D eigenvalue weighted by Crippen LogP contribution is 2.32. The van der Waals surface area contributed by atoms with Crippen LogP contribution in [-0.2, 0) is 24.3 Å². The molecule has 0 saturated carbocycles. The van der Waals surface area contributed by atoms with E-state index in [4.69, 9.17) is 0 Å². The van der Waals surface area contributed by atoms with Gasteiger partial charge in [0.1, 0.15) is 4.75 Å². The highest BCUT2D eigenvalue weighted by atomic mass is 32.2. The standard InChI is InChI=1S/C23H27N3O2S/c1-14-11-17(15(2)25-29(28)23(3,4)5)18-13-21-16-7-6-9-24-20(16)8-10-26(21)22(27)19(18)12-14/h6-7,9,11-13,15,25H,8,10H2,1-5H3/t15-,29?/m1/s1. The maximum absolute atomic E-state index is 13.4. The molecule has 152 valence electrons. The zero-order chi connectivity index (χ0) is 20.9. The van der Waals surface area contributed by atoms with Crippen molar-refractivity contribution in [3.63, 3.8) is 0 Å². The summed E-state index contributed by atoms with van der Waals surface area (Å²) in [6.07, 6.45) is 2.56. The first-order valence-corrected chi connectivity index (χ1v) is 11.1. The second-order valence-electron chi connectivity index (χ2n) is 8.77. The van der Waals surface area contributed by atoms with E-state index in [-0.39, 0.29) is 16.3 Å². The van der Waals surface area contributed by atoms with Crippen LogP contribution in [0.2, 0.25) is 0 Å². The largest absolute Gasteiger partial charge is 0.598 e. The Balaban J connectivity index is 1.91. The Bertz CT molecular complexity index is 1150. The van der Waals surface area contributed by atoms with Crippen LogP contribution in [0.3, 0.4) is 0 Å². The maximum atomic E-state index is 13.4. The molecule has 3 aromatic rings. The minimum atomic E-state index is -1.20. The first kappa shape index (κ1) is 20.1. The van der Waals surface area contributed by atoms with E-state index in [2.05, 4.69) is 21.8 Å². The summed E-state index contributed by atoms with van der Waals surface area (Å²) in [6.45, 7) is 10.5.